The van der Waals surface area contributed by atoms with Crippen LogP contribution in [0.25, 0.3) is 0 Å². The Morgan fingerprint density at radius 2 is 2.19 bits per heavy atom. The molecule has 1 rings (SSSR count). The van der Waals surface area contributed by atoms with E-state index in [0.29, 0.717) is 12.0 Å². The molecule has 1 saturated heterocycles. The zero-order chi connectivity index (χ0) is 12.0. The number of likely N-dealkylation sites (N-methyl/N-ethyl adjacent to an activating group) is 1. The van der Waals surface area contributed by atoms with E-state index in [1.165, 1.54) is 19.3 Å². The Morgan fingerprint density at radius 1 is 1.44 bits per heavy atom. The predicted octanol–water partition coefficient (Wildman–Crippen LogP) is 1.72. The van der Waals surface area contributed by atoms with Gasteiger partial charge in [-0.15, -0.1) is 0 Å². The van der Waals surface area contributed by atoms with E-state index in [9.17, 15) is 0 Å². The summed E-state index contributed by atoms with van der Waals surface area (Å²) >= 11 is 0. The second kappa shape index (κ2) is 7.25. The molecule has 0 aromatic rings. The Hall–Kier alpha value is -0.120. The third-order valence-electron chi connectivity index (χ3n) is 3.44. The van der Waals surface area contributed by atoms with Crippen LogP contribution in [0.2, 0.25) is 0 Å². The van der Waals surface area contributed by atoms with Crippen LogP contribution in [0.5, 0.6) is 0 Å². The average Bonchev–Trinajstić information content (AvgIpc) is 2.26. The van der Waals surface area contributed by atoms with Crippen molar-refractivity contribution in [2.45, 2.75) is 39.2 Å². The molecule has 0 bridgehead atoms. The molecule has 16 heavy (non-hydrogen) atoms. The van der Waals surface area contributed by atoms with E-state index in [4.69, 9.17) is 10.5 Å². The molecule has 1 heterocycles. The molecule has 0 spiro atoms. The highest BCUT2D eigenvalue weighted by Gasteiger charge is 2.20. The maximum Gasteiger partial charge on any atom is 0.0506 e. The Morgan fingerprint density at radius 3 is 2.69 bits per heavy atom. The van der Waals surface area contributed by atoms with Gasteiger partial charge in [-0.3, -0.25) is 0 Å². The standard InChI is InChI=1S/C13H28N2O/c1-11(2)7-13(8-14)15(3)9-12-5-4-6-16-10-12/h11-13H,4-10,14H2,1-3H3. The Balaban J connectivity index is 2.32. The molecule has 2 unspecified atom stereocenters. The summed E-state index contributed by atoms with van der Waals surface area (Å²) in [4.78, 5) is 2.43. The van der Waals surface area contributed by atoms with Gasteiger partial charge in [-0.05, 0) is 38.1 Å². The van der Waals surface area contributed by atoms with Crippen LogP contribution >= 0.6 is 0 Å². The van der Waals surface area contributed by atoms with Crippen LogP contribution in [0.4, 0.5) is 0 Å². The van der Waals surface area contributed by atoms with Gasteiger partial charge in [0.2, 0.25) is 0 Å². The lowest BCUT2D eigenvalue weighted by molar-refractivity contribution is 0.0352. The topological polar surface area (TPSA) is 38.5 Å². The minimum absolute atomic E-state index is 0.530. The van der Waals surface area contributed by atoms with Gasteiger partial charge in [0.15, 0.2) is 0 Å². The fourth-order valence-electron chi connectivity index (χ4n) is 2.51. The maximum absolute atomic E-state index is 5.85. The molecule has 96 valence electrons. The third kappa shape index (κ3) is 4.81. The number of nitrogens with zero attached hydrogens (tertiary/aromatic N) is 1. The highest BCUT2D eigenvalue weighted by Crippen LogP contribution is 2.17. The summed E-state index contributed by atoms with van der Waals surface area (Å²) in [5.41, 5.74) is 5.85. The van der Waals surface area contributed by atoms with Gasteiger partial charge in [0.1, 0.15) is 0 Å². The molecule has 1 aliphatic heterocycles. The first-order chi connectivity index (χ1) is 7.63. The van der Waals surface area contributed by atoms with Gasteiger partial charge >= 0.3 is 0 Å². The van der Waals surface area contributed by atoms with E-state index in [1.807, 2.05) is 0 Å². The lowest BCUT2D eigenvalue weighted by Crippen LogP contribution is -2.42. The molecule has 0 radical (unpaired) electrons. The lowest BCUT2D eigenvalue weighted by Gasteiger charge is -2.33. The van der Waals surface area contributed by atoms with Crippen LogP contribution in [0.15, 0.2) is 0 Å². The minimum atomic E-state index is 0.530. The van der Waals surface area contributed by atoms with E-state index in [0.717, 1.165) is 32.2 Å². The van der Waals surface area contributed by atoms with Crippen LogP contribution in [0.1, 0.15) is 33.1 Å². The Labute approximate surface area is 100 Å². The van der Waals surface area contributed by atoms with E-state index in [2.05, 4.69) is 25.8 Å². The summed E-state index contributed by atoms with van der Waals surface area (Å²) in [5.74, 6) is 1.43. The third-order valence-corrected chi connectivity index (χ3v) is 3.44. The van der Waals surface area contributed by atoms with Crippen molar-refractivity contribution in [2.24, 2.45) is 17.6 Å². The molecule has 2 N–H and O–H groups in total. The highest BCUT2D eigenvalue weighted by molar-refractivity contribution is 4.75. The lowest BCUT2D eigenvalue weighted by atomic mass is 9.98. The van der Waals surface area contributed by atoms with E-state index >= 15 is 0 Å². The summed E-state index contributed by atoms with van der Waals surface area (Å²) < 4.78 is 5.52. The smallest absolute Gasteiger partial charge is 0.0506 e. The Bertz CT molecular complexity index is 179. The largest absolute Gasteiger partial charge is 0.381 e. The number of hydrogen-bond acceptors (Lipinski definition) is 3. The van der Waals surface area contributed by atoms with Gasteiger partial charge in [0.25, 0.3) is 0 Å². The number of nitrogens with two attached hydrogens (primary N) is 1. The summed E-state index contributed by atoms with van der Waals surface area (Å²) in [5, 5.41) is 0. The molecule has 1 aliphatic rings. The van der Waals surface area contributed by atoms with Crippen molar-refractivity contribution in [3.8, 4) is 0 Å². The summed E-state index contributed by atoms with van der Waals surface area (Å²) in [6.45, 7) is 8.31. The van der Waals surface area contributed by atoms with E-state index in [1.54, 1.807) is 0 Å². The summed E-state index contributed by atoms with van der Waals surface area (Å²) in [7, 11) is 2.20. The first-order valence-corrected chi connectivity index (χ1v) is 6.61. The second-order valence-electron chi connectivity index (χ2n) is 5.54. The predicted molar refractivity (Wildman–Crippen MR) is 68.5 cm³/mol. The zero-order valence-electron chi connectivity index (χ0n) is 11.1. The van der Waals surface area contributed by atoms with Gasteiger partial charge in [-0.1, -0.05) is 13.8 Å². The van der Waals surface area contributed by atoms with Crippen molar-refractivity contribution in [1.82, 2.24) is 4.90 Å². The Kier molecular flexibility index (Phi) is 6.32. The first-order valence-electron chi connectivity index (χ1n) is 6.61. The molecule has 0 saturated carbocycles. The highest BCUT2D eigenvalue weighted by atomic mass is 16.5. The fourth-order valence-corrected chi connectivity index (χ4v) is 2.51. The number of hydrogen-bond donors (Lipinski definition) is 1. The van der Waals surface area contributed by atoms with Gasteiger partial charge in [0.05, 0.1) is 6.61 Å². The van der Waals surface area contributed by atoms with Gasteiger partial charge in [0, 0.05) is 25.7 Å². The molecule has 0 aromatic carbocycles. The molecule has 0 aliphatic carbocycles. The normalized spacial score (nSPS) is 24.0. The van der Waals surface area contributed by atoms with Crippen molar-refractivity contribution in [3.05, 3.63) is 0 Å². The summed E-state index contributed by atoms with van der Waals surface area (Å²) in [6, 6.07) is 0.530. The van der Waals surface area contributed by atoms with Crippen LogP contribution in [0.3, 0.4) is 0 Å². The first kappa shape index (κ1) is 13.9. The molecule has 2 atom stereocenters. The molecule has 0 aromatic heterocycles. The molecule has 1 fully saturated rings. The van der Waals surface area contributed by atoms with Crippen LogP contribution in [-0.4, -0.2) is 44.3 Å². The fraction of sp³-hybridized carbons (Fsp3) is 1.00. The van der Waals surface area contributed by atoms with Crippen molar-refractivity contribution in [2.75, 3.05) is 33.4 Å². The van der Waals surface area contributed by atoms with Gasteiger partial charge < -0.3 is 15.4 Å². The maximum atomic E-state index is 5.85. The minimum Gasteiger partial charge on any atom is -0.381 e. The van der Waals surface area contributed by atoms with Gasteiger partial charge in [-0.2, -0.15) is 0 Å². The van der Waals surface area contributed by atoms with Crippen molar-refractivity contribution < 1.29 is 4.74 Å². The molecule has 3 nitrogen and oxygen atoms in total. The van der Waals surface area contributed by atoms with Crippen LogP contribution in [-0.2, 0) is 4.74 Å². The van der Waals surface area contributed by atoms with E-state index in [-0.39, 0.29) is 0 Å². The summed E-state index contributed by atoms with van der Waals surface area (Å²) in [6.07, 6.45) is 3.72. The van der Waals surface area contributed by atoms with E-state index < -0.39 is 0 Å². The van der Waals surface area contributed by atoms with Crippen molar-refractivity contribution in [1.29, 1.82) is 0 Å². The van der Waals surface area contributed by atoms with Crippen LogP contribution < -0.4 is 5.73 Å². The molecular weight excluding hydrogens is 200 g/mol. The SMILES string of the molecule is CC(C)CC(CN)N(C)CC1CCCOC1. The van der Waals surface area contributed by atoms with Crippen molar-refractivity contribution >= 4 is 0 Å². The number of rotatable bonds is 6. The zero-order valence-corrected chi connectivity index (χ0v) is 11.1. The second-order valence-corrected chi connectivity index (χ2v) is 5.54. The molecular formula is C13H28N2O. The molecule has 0 amide bonds. The quantitative estimate of drug-likeness (QED) is 0.752. The average molecular weight is 228 g/mol. The molecule has 3 heteroatoms. The van der Waals surface area contributed by atoms with Crippen molar-refractivity contribution in [3.63, 3.8) is 0 Å². The number of ether oxygens (including phenoxy) is 1. The monoisotopic (exact) mass is 228 g/mol. The van der Waals surface area contributed by atoms with Crippen LogP contribution in [0, 0.1) is 11.8 Å². The van der Waals surface area contributed by atoms with Gasteiger partial charge in [-0.25, -0.2) is 0 Å².